The molecule has 1 heterocycles. The molecule has 1 radical (unpaired) electrons. The van der Waals surface area contributed by atoms with Gasteiger partial charge in [0.25, 0.3) is 0 Å². The van der Waals surface area contributed by atoms with Crippen LogP contribution in [0.5, 0.6) is 0 Å². The van der Waals surface area contributed by atoms with E-state index < -0.39 is 0 Å². The quantitative estimate of drug-likeness (QED) is 0.403. The number of hydrogen-bond acceptors (Lipinski definition) is 3. The molecule has 2 aromatic rings. The van der Waals surface area contributed by atoms with Crippen molar-refractivity contribution in [1.82, 2.24) is 4.98 Å². The Morgan fingerprint density at radius 3 is 2.36 bits per heavy atom. The minimum Gasteiger partial charge on any atom is -0.512 e. The van der Waals surface area contributed by atoms with E-state index in [1.807, 2.05) is 37.3 Å². The molecule has 22 heavy (non-hydrogen) atoms. The number of aliphatic hydroxyl groups excluding tert-OH is 1. The number of benzene rings is 1. The van der Waals surface area contributed by atoms with Crippen molar-refractivity contribution in [3.8, 4) is 11.3 Å². The second-order valence-corrected chi connectivity index (χ2v) is 4.84. The van der Waals surface area contributed by atoms with Gasteiger partial charge in [0, 0.05) is 31.9 Å². The van der Waals surface area contributed by atoms with Crippen LogP contribution in [-0.4, -0.2) is 15.9 Å². The van der Waals surface area contributed by atoms with E-state index in [9.17, 15) is 4.79 Å². The zero-order chi connectivity index (χ0) is 15.8. The molecule has 0 bridgehead atoms. The fourth-order valence-electron chi connectivity index (χ4n) is 1.72. The number of pyridine rings is 1. The van der Waals surface area contributed by atoms with Crippen molar-refractivity contribution >= 4 is 5.78 Å². The maximum absolute atomic E-state index is 10.0. The molecule has 4 heteroatoms. The van der Waals surface area contributed by atoms with E-state index in [-0.39, 0.29) is 31.6 Å². The van der Waals surface area contributed by atoms with Crippen molar-refractivity contribution < 1.29 is 30.0 Å². The number of aromatic nitrogens is 1. The Morgan fingerprint density at radius 2 is 1.91 bits per heavy atom. The van der Waals surface area contributed by atoms with Crippen LogP contribution in [0, 0.1) is 19.9 Å². The summed E-state index contributed by atoms with van der Waals surface area (Å²) in [6.07, 6.45) is 1.17. The monoisotopic (exact) mass is 475 g/mol. The standard InChI is InChI=1S/C13H12N.C5H8O2.Ir/c1-10-5-3-7-12(9-10)13-8-4-6-11(2)14-13;1-4(6)3-5(2)7;/h3-6,8-9H,1-2H3;3,6H,1-2H3;/q-1;;/b;4-3-;. The molecular weight excluding hydrogens is 454 g/mol. The molecule has 1 aromatic carbocycles. The average Bonchev–Trinajstić information content (AvgIpc) is 2.38. The predicted octanol–water partition coefficient (Wildman–Crippen LogP) is 4.20. The molecular formula is C18H20IrNO2-. The summed E-state index contributed by atoms with van der Waals surface area (Å²) < 4.78 is 0. The Hall–Kier alpha value is -1.77. The van der Waals surface area contributed by atoms with E-state index in [1.165, 1.54) is 25.5 Å². The van der Waals surface area contributed by atoms with Gasteiger partial charge in [-0.25, -0.2) is 0 Å². The summed E-state index contributed by atoms with van der Waals surface area (Å²) in [5, 5.41) is 8.36. The second-order valence-electron chi connectivity index (χ2n) is 4.84. The molecule has 0 fully saturated rings. The summed E-state index contributed by atoms with van der Waals surface area (Å²) in [5.41, 5.74) is 4.34. The maximum Gasteiger partial charge on any atom is 0.155 e. The number of nitrogens with zero attached hydrogens (tertiary/aromatic N) is 1. The van der Waals surface area contributed by atoms with Gasteiger partial charge >= 0.3 is 0 Å². The molecule has 119 valence electrons. The summed E-state index contributed by atoms with van der Waals surface area (Å²) in [6.45, 7) is 6.92. The largest absolute Gasteiger partial charge is 0.512 e. The maximum atomic E-state index is 10.0. The molecule has 0 spiro atoms. The number of allylic oxidation sites excluding steroid dienone is 2. The van der Waals surface area contributed by atoms with E-state index in [0.717, 1.165) is 17.0 Å². The molecule has 3 nitrogen and oxygen atoms in total. The first-order valence-corrected chi connectivity index (χ1v) is 6.68. The van der Waals surface area contributed by atoms with E-state index in [2.05, 4.69) is 24.0 Å². The van der Waals surface area contributed by atoms with E-state index >= 15 is 0 Å². The van der Waals surface area contributed by atoms with Crippen LogP contribution in [0.3, 0.4) is 0 Å². The summed E-state index contributed by atoms with van der Waals surface area (Å²) in [6, 6.07) is 15.3. The van der Waals surface area contributed by atoms with Gasteiger partial charge in [0.1, 0.15) is 0 Å². The fraction of sp³-hybridized carbons (Fsp3) is 0.222. The summed E-state index contributed by atoms with van der Waals surface area (Å²) >= 11 is 0. The Morgan fingerprint density at radius 1 is 1.23 bits per heavy atom. The van der Waals surface area contributed by atoms with Crippen molar-refractivity contribution in [3.63, 3.8) is 0 Å². The number of carbonyl (C=O) groups excluding carboxylic acids is 1. The minimum atomic E-state index is -0.125. The molecule has 0 aliphatic heterocycles. The van der Waals surface area contributed by atoms with Crippen LogP contribution in [0.4, 0.5) is 0 Å². The molecule has 0 atom stereocenters. The normalized spacial score (nSPS) is 10.1. The van der Waals surface area contributed by atoms with Crippen LogP contribution >= 0.6 is 0 Å². The number of aliphatic hydroxyl groups is 1. The van der Waals surface area contributed by atoms with Gasteiger partial charge in [0.15, 0.2) is 5.78 Å². The number of ketones is 1. The zero-order valence-corrected chi connectivity index (χ0v) is 15.6. The second kappa shape index (κ2) is 10.0. The Balaban J connectivity index is 0.000000478. The number of carbonyl (C=O) groups is 1. The molecule has 0 saturated heterocycles. The molecule has 0 aliphatic rings. The van der Waals surface area contributed by atoms with Crippen molar-refractivity contribution in [2.45, 2.75) is 27.7 Å². The molecule has 0 saturated carbocycles. The SMILES string of the molecule is CC(=O)/C=C(/C)O.Cc1cc[c-]c(-c2cccc(C)n2)c1.[Ir]. The van der Waals surface area contributed by atoms with E-state index in [4.69, 9.17) is 5.11 Å². The van der Waals surface area contributed by atoms with Crippen molar-refractivity contribution in [2.75, 3.05) is 0 Å². The summed E-state index contributed by atoms with van der Waals surface area (Å²) in [7, 11) is 0. The zero-order valence-electron chi connectivity index (χ0n) is 13.2. The fourth-order valence-corrected chi connectivity index (χ4v) is 1.72. The number of rotatable bonds is 2. The van der Waals surface area contributed by atoms with Crippen LogP contribution in [0.2, 0.25) is 0 Å². The van der Waals surface area contributed by atoms with Gasteiger partial charge in [0.2, 0.25) is 0 Å². The van der Waals surface area contributed by atoms with Crippen molar-refractivity contribution in [3.05, 3.63) is 65.6 Å². The average molecular weight is 475 g/mol. The van der Waals surface area contributed by atoms with Gasteiger partial charge < -0.3 is 10.1 Å². The molecule has 0 amide bonds. The van der Waals surface area contributed by atoms with Crippen LogP contribution in [0.1, 0.15) is 25.1 Å². The molecule has 1 aromatic heterocycles. The Bertz CT molecular complexity index is 604. The Kier molecular flexibility index (Phi) is 9.23. The number of hydrogen-bond donors (Lipinski definition) is 1. The Labute approximate surface area is 145 Å². The first-order chi connectivity index (χ1) is 9.88. The van der Waals surface area contributed by atoms with E-state index in [1.54, 1.807) is 0 Å². The topological polar surface area (TPSA) is 50.2 Å². The molecule has 0 aliphatic carbocycles. The third-order valence-corrected chi connectivity index (χ3v) is 2.53. The van der Waals surface area contributed by atoms with Crippen molar-refractivity contribution in [2.24, 2.45) is 0 Å². The molecule has 0 unspecified atom stereocenters. The summed E-state index contributed by atoms with van der Waals surface area (Å²) in [5.74, 6) is -0.0625. The number of aryl methyl sites for hydroxylation is 2. The van der Waals surface area contributed by atoms with Crippen LogP contribution in [0.15, 0.2) is 48.2 Å². The molecule has 2 rings (SSSR count). The van der Waals surface area contributed by atoms with Gasteiger partial charge in [-0.3, -0.25) is 4.79 Å². The van der Waals surface area contributed by atoms with E-state index in [0.29, 0.717) is 0 Å². The predicted molar refractivity (Wildman–Crippen MR) is 85.0 cm³/mol. The third kappa shape index (κ3) is 7.87. The minimum absolute atomic E-state index is 0. The van der Waals surface area contributed by atoms with Gasteiger partial charge in [-0.2, -0.15) is 0 Å². The third-order valence-electron chi connectivity index (χ3n) is 2.53. The van der Waals surface area contributed by atoms with Gasteiger partial charge in [-0.05, 0) is 32.5 Å². The first kappa shape index (κ1) is 20.2. The smallest absolute Gasteiger partial charge is 0.155 e. The van der Waals surface area contributed by atoms with Crippen molar-refractivity contribution in [1.29, 1.82) is 0 Å². The van der Waals surface area contributed by atoms with Gasteiger partial charge in [0.05, 0.1) is 5.76 Å². The van der Waals surface area contributed by atoms with Gasteiger partial charge in [-0.15, -0.1) is 35.4 Å². The van der Waals surface area contributed by atoms with Crippen LogP contribution in [-0.2, 0) is 24.9 Å². The van der Waals surface area contributed by atoms with Crippen LogP contribution < -0.4 is 0 Å². The first-order valence-electron chi connectivity index (χ1n) is 6.68. The summed E-state index contributed by atoms with van der Waals surface area (Å²) in [4.78, 5) is 14.5. The molecule has 1 N–H and O–H groups in total. The van der Waals surface area contributed by atoms with Gasteiger partial charge in [-0.1, -0.05) is 19.1 Å². The van der Waals surface area contributed by atoms with Crippen LogP contribution in [0.25, 0.3) is 11.3 Å².